The van der Waals surface area contributed by atoms with Gasteiger partial charge in [-0.05, 0) is 62.1 Å². The Kier molecular flexibility index (Phi) is 6.84. The zero-order chi connectivity index (χ0) is 21.2. The fourth-order valence-corrected chi connectivity index (χ4v) is 7.84. The van der Waals surface area contributed by atoms with E-state index in [2.05, 4.69) is 0 Å². The van der Waals surface area contributed by atoms with E-state index in [-0.39, 0.29) is 19.6 Å². The Hall–Kier alpha value is -1.66. The maximum Gasteiger partial charge on any atom is 0.339 e. The van der Waals surface area contributed by atoms with E-state index in [0.717, 1.165) is 23.3 Å². The molecule has 2 aromatic rings. The van der Waals surface area contributed by atoms with Crippen LogP contribution < -0.4 is 0 Å². The van der Waals surface area contributed by atoms with E-state index in [1.54, 1.807) is 26.0 Å². The van der Waals surface area contributed by atoms with Crippen LogP contribution in [-0.4, -0.2) is 23.1 Å². The number of fused-ring (bicyclic) bond motifs is 1. The molecule has 2 unspecified atom stereocenters. The SMILES string of the molecule is CCOP(=O)(OCC)C(Cc1ccc(F)c(F)c1)C1=C(C)c2ccccc2S1=O. The summed E-state index contributed by atoms with van der Waals surface area (Å²) in [6, 6.07) is 10.8. The largest absolute Gasteiger partial charge is 0.339 e. The molecule has 1 aliphatic heterocycles. The van der Waals surface area contributed by atoms with Gasteiger partial charge in [0.05, 0.1) is 34.6 Å². The van der Waals surface area contributed by atoms with E-state index in [9.17, 15) is 17.6 Å². The molecule has 0 aliphatic carbocycles. The van der Waals surface area contributed by atoms with Crippen LogP contribution in [0.3, 0.4) is 0 Å². The Morgan fingerprint density at radius 1 is 1.03 bits per heavy atom. The summed E-state index contributed by atoms with van der Waals surface area (Å²) in [5, 5.41) is 0. The number of hydrogen-bond acceptors (Lipinski definition) is 4. The van der Waals surface area contributed by atoms with E-state index in [1.165, 1.54) is 6.07 Å². The van der Waals surface area contributed by atoms with Gasteiger partial charge in [0.2, 0.25) is 0 Å². The minimum Gasteiger partial charge on any atom is -0.308 e. The average Bonchev–Trinajstić information content (AvgIpc) is 2.94. The van der Waals surface area contributed by atoms with Crippen molar-refractivity contribution < 1.29 is 26.6 Å². The number of halogens is 2. The minimum absolute atomic E-state index is 0.0425. The lowest BCUT2D eigenvalue weighted by atomic mass is 10.0. The summed E-state index contributed by atoms with van der Waals surface area (Å²) in [5.74, 6) is -1.96. The summed E-state index contributed by atoms with van der Waals surface area (Å²) < 4.78 is 65.3. The minimum atomic E-state index is -3.74. The van der Waals surface area contributed by atoms with Crippen LogP contribution in [0.1, 0.15) is 31.9 Å². The number of allylic oxidation sites excluding steroid dienone is 2. The number of rotatable bonds is 8. The first-order chi connectivity index (χ1) is 13.8. The summed E-state index contributed by atoms with van der Waals surface area (Å²) >= 11 is 0. The molecule has 1 aliphatic rings. The molecule has 0 saturated heterocycles. The summed E-state index contributed by atoms with van der Waals surface area (Å²) in [6.45, 7) is 5.48. The maximum atomic E-state index is 13.8. The topological polar surface area (TPSA) is 52.6 Å². The van der Waals surface area contributed by atoms with Gasteiger partial charge in [0.15, 0.2) is 11.6 Å². The van der Waals surface area contributed by atoms with E-state index < -0.39 is 35.7 Å². The molecule has 0 aromatic heterocycles. The number of hydrogen-bond donors (Lipinski definition) is 0. The van der Waals surface area contributed by atoms with E-state index in [0.29, 0.717) is 15.4 Å². The van der Waals surface area contributed by atoms with E-state index in [1.807, 2.05) is 19.1 Å². The van der Waals surface area contributed by atoms with Gasteiger partial charge in [-0.2, -0.15) is 0 Å². The lowest BCUT2D eigenvalue weighted by Gasteiger charge is -2.27. The maximum absolute atomic E-state index is 13.8. The van der Waals surface area contributed by atoms with E-state index in [4.69, 9.17) is 9.05 Å². The molecule has 3 rings (SSSR count). The molecule has 29 heavy (non-hydrogen) atoms. The highest BCUT2D eigenvalue weighted by atomic mass is 32.2. The van der Waals surface area contributed by atoms with Crippen LogP contribution in [0.15, 0.2) is 52.3 Å². The zero-order valence-corrected chi connectivity index (χ0v) is 18.2. The lowest BCUT2D eigenvalue weighted by molar-refractivity contribution is 0.215. The highest BCUT2D eigenvalue weighted by Crippen LogP contribution is 2.59. The molecule has 2 aromatic carbocycles. The van der Waals surface area contributed by atoms with Crippen LogP contribution in [-0.2, 0) is 30.8 Å². The Morgan fingerprint density at radius 2 is 1.69 bits per heavy atom. The molecule has 0 amide bonds. The van der Waals surface area contributed by atoms with Crippen molar-refractivity contribution >= 4 is 24.0 Å². The van der Waals surface area contributed by atoms with Gasteiger partial charge in [-0.3, -0.25) is 4.57 Å². The summed E-state index contributed by atoms with van der Waals surface area (Å²) in [4.78, 5) is 1.08. The molecule has 8 heteroatoms. The molecule has 4 nitrogen and oxygen atoms in total. The molecular formula is C21H23F2O4PS. The Balaban J connectivity index is 2.13. The zero-order valence-electron chi connectivity index (χ0n) is 16.5. The quantitative estimate of drug-likeness (QED) is 0.495. The fourth-order valence-electron chi connectivity index (χ4n) is 3.52. The highest BCUT2D eigenvalue weighted by Gasteiger charge is 2.44. The van der Waals surface area contributed by atoms with Crippen LogP contribution in [0.2, 0.25) is 0 Å². The number of benzene rings is 2. The van der Waals surface area contributed by atoms with Crippen LogP contribution in [0.4, 0.5) is 8.78 Å². The lowest BCUT2D eigenvalue weighted by Crippen LogP contribution is -2.21. The van der Waals surface area contributed by atoms with Crippen molar-refractivity contribution in [2.24, 2.45) is 0 Å². The fraction of sp³-hybridized carbons (Fsp3) is 0.333. The molecule has 0 spiro atoms. The molecule has 0 N–H and O–H groups in total. The standard InChI is InChI=1S/C21H23F2O4PS/c1-4-26-28(24,27-5-2)19(13-15-10-11-17(22)18(23)12-15)21-14(3)16-8-6-7-9-20(16)29(21)25/h6-12,19H,4-5,13H2,1-3H3. The normalized spacial score (nSPS) is 17.5. The van der Waals surface area contributed by atoms with Crippen LogP contribution in [0, 0.1) is 11.6 Å². The van der Waals surface area contributed by atoms with Crippen LogP contribution in [0.25, 0.3) is 5.57 Å². The molecule has 156 valence electrons. The van der Waals surface area contributed by atoms with Crippen molar-refractivity contribution in [3.8, 4) is 0 Å². The van der Waals surface area contributed by atoms with Crippen molar-refractivity contribution in [1.29, 1.82) is 0 Å². The Morgan fingerprint density at radius 3 is 2.28 bits per heavy atom. The van der Waals surface area contributed by atoms with Gasteiger partial charge in [0.1, 0.15) is 0 Å². The Labute approximate surface area is 171 Å². The van der Waals surface area contributed by atoms with Gasteiger partial charge in [0, 0.05) is 4.91 Å². The second-order valence-electron chi connectivity index (χ2n) is 6.60. The molecule has 0 radical (unpaired) electrons. The molecule has 1 heterocycles. The molecule has 0 bridgehead atoms. The first-order valence-electron chi connectivity index (χ1n) is 9.37. The monoisotopic (exact) mass is 440 g/mol. The predicted molar refractivity (Wildman–Crippen MR) is 110 cm³/mol. The van der Waals surface area contributed by atoms with Crippen molar-refractivity contribution in [3.05, 3.63) is 70.1 Å². The third kappa shape index (κ3) is 4.29. The highest BCUT2D eigenvalue weighted by molar-refractivity contribution is 7.90. The molecule has 0 fully saturated rings. The van der Waals surface area contributed by atoms with E-state index >= 15 is 0 Å². The summed E-state index contributed by atoms with van der Waals surface area (Å²) in [5.41, 5.74) is 1.09. The van der Waals surface area contributed by atoms with Gasteiger partial charge in [-0.1, -0.05) is 24.3 Å². The first-order valence-corrected chi connectivity index (χ1v) is 12.1. The summed E-state index contributed by atoms with van der Waals surface area (Å²) in [6.07, 6.45) is 0.0425. The predicted octanol–water partition coefficient (Wildman–Crippen LogP) is 5.69. The molecular weight excluding hydrogens is 417 g/mol. The second kappa shape index (κ2) is 9.00. The third-order valence-electron chi connectivity index (χ3n) is 4.78. The smallest absolute Gasteiger partial charge is 0.308 e. The van der Waals surface area contributed by atoms with Crippen LogP contribution in [0.5, 0.6) is 0 Å². The van der Waals surface area contributed by atoms with Crippen molar-refractivity contribution in [2.75, 3.05) is 13.2 Å². The third-order valence-corrected chi connectivity index (χ3v) is 9.14. The van der Waals surface area contributed by atoms with Gasteiger partial charge < -0.3 is 9.05 Å². The second-order valence-corrected chi connectivity index (χ2v) is 10.2. The molecule has 2 atom stereocenters. The first kappa shape index (κ1) is 22.0. The van der Waals surface area contributed by atoms with Gasteiger partial charge >= 0.3 is 7.60 Å². The average molecular weight is 440 g/mol. The van der Waals surface area contributed by atoms with Crippen molar-refractivity contribution in [3.63, 3.8) is 0 Å². The Bertz CT molecular complexity index is 1010. The summed E-state index contributed by atoms with van der Waals surface area (Å²) in [7, 11) is -5.29. The van der Waals surface area contributed by atoms with Gasteiger partial charge in [-0.15, -0.1) is 0 Å². The van der Waals surface area contributed by atoms with Gasteiger partial charge in [-0.25, -0.2) is 13.0 Å². The van der Waals surface area contributed by atoms with Crippen molar-refractivity contribution in [1.82, 2.24) is 0 Å². The van der Waals surface area contributed by atoms with Crippen LogP contribution >= 0.6 is 7.60 Å². The van der Waals surface area contributed by atoms with Crippen molar-refractivity contribution in [2.45, 2.75) is 37.7 Å². The molecule has 0 saturated carbocycles. The van der Waals surface area contributed by atoms with Gasteiger partial charge in [0.25, 0.3) is 0 Å².